The molecule has 2 aliphatic rings. The van der Waals surface area contributed by atoms with E-state index in [-0.39, 0.29) is 29.6 Å². The number of allylic oxidation sites excluding steroid dienone is 6. The molecule has 1 amide bonds. The molecule has 6 heteroatoms. The fourth-order valence-electron chi connectivity index (χ4n) is 3.18. The largest absolute Gasteiger partial charge is 0.492 e. The molecular weight excluding hydrogens is 370 g/mol. The predicted octanol–water partition coefficient (Wildman–Crippen LogP) is 3.20. The normalized spacial score (nSPS) is 26.9. The van der Waals surface area contributed by atoms with Crippen molar-refractivity contribution in [1.82, 2.24) is 5.32 Å². The summed E-state index contributed by atoms with van der Waals surface area (Å²) in [6.07, 6.45) is 15.0. The monoisotopic (exact) mass is 399 g/mol. The van der Waals surface area contributed by atoms with Crippen LogP contribution >= 0.6 is 0 Å². The predicted molar refractivity (Wildman–Crippen MR) is 111 cm³/mol. The highest BCUT2D eigenvalue weighted by Gasteiger charge is 2.29. The molecule has 1 heterocycles. The molecule has 2 N–H and O–H groups in total. The molecule has 2 bridgehead atoms. The van der Waals surface area contributed by atoms with Crippen LogP contribution in [0, 0.1) is 0 Å². The number of ketones is 2. The minimum atomic E-state index is -0.462. The van der Waals surface area contributed by atoms with Crippen LogP contribution in [0.3, 0.4) is 0 Å². The lowest BCUT2D eigenvalue weighted by Gasteiger charge is -2.18. The third-order valence-electron chi connectivity index (χ3n) is 4.89. The summed E-state index contributed by atoms with van der Waals surface area (Å²) in [5.74, 6) is -1.29. The van der Waals surface area contributed by atoms with Crippen molar-refractivity contribution >= 4 is 17.5 Å². The summed E-state index contributed by atoms with van der Waals surface area (Å²) in [4.78, 5) is 37.5. The first-order chi connectivity index (χ1) is 13.9. The third kappa shape index (κ3) is 6.68. The lowest BCUT2D eigenvalue weighted by atomic mass is 9.95. The zero-order valence-electron chi connectivity index (χ0n) is 17.1. The molecule has 0 radical (unpaired) electrons. The molecule has 1 atom stereocenters. The molecule has 0 spiro atoms. The van der Waals surface area contributed by atoms with Crippen LogP contribution in [-0.2, 0) is 19.1 Å². The van der Waals surface area contributed by atoms with Gasteiger partial charge in [-0.15, -0.1) is 0 Å². The topological polar surface area (TPSA) is 92.7 Å². The molecule has 156 valence electrons. The van der Waals surface area contributed by atoms with E-state index in [0.717, 1.165) is 38.2 Å². The minimum absolute atomic E-state index is 0.0210. The van der Waals surface area contributed by atoms with E-state index in [4.69, 9.17) is 4.74 Å². The average Bonchev–Trinajstić information content (AvgIpc) is 2.69. The number of rotatable bonds is 1. The van der Waals surface area contributed by atoms with E-state index in [2.05, 4.69) is 5.32 Å². The van der Waals surface area contributed by atoms with Crippen molar-refractivity contribution in [2.45, 2.75) is 58.0 Å². The molecule has 0 aromatic carbocycles. The minimum Gasteiger partial charge on any atom is -0.492 e. The average molecular weight is 399 g/mol. The molecule has 0 unspecified atom stereocenters. The van der Waals surface area contributed by atoms with E-state index in [1.54, 1.807) is 19.1 Å². The zero-order valence-corrected chi connectivity index (χ0v) is 17.1. The molecule has 1 aliphatic heterocycles. The second kappa shape index (κ2) is 11.3. The van der Waals surface area contributed by atoms with Crippen molar-refractivity contribution in [2.75, 3.05) is 7.11 Å². The lowest BCUT2D eigenvalue weighted by Crippen LogP contribution is -2.32. The number of hydrogen-bond acceptors (Lipinski definition) is 5. The van der Waals surface area contributed by atoms with Gasteiger partial charge < -0.3 is 15.2 Å². The summed E-state index contributed by atoms with van der Waals surface area (Å²) in [5.41, 5.74) is 0.584. The van der Waals surface area contributed by atoms with Crippen molar-refractivity contribution in [3.05, 3.63) is 59.1 Å². The summed E-state index contributed by atoms with van der Waals surface area (Å²) < 4.78 is 5.14. The second-order valence-corrected chi connectivity index (χ2v) is 7.20. The molecular formula is C23H29NO5. The van der Waals surface area contributed by atoms with Crippen LogP contribution in [0.4, 0.5) is 0 Å². The molecule has 6 nitrogen and oxygen atoms in total. The number of carbonyl (C=O) groups is 3. The third-order valence-corrected chi connectivity index (χ3v) is 4.89. The highest BCUT2D eigenvalue weighted by molar-refractivity contribution is 6.23. The van der Waals surface area contributed by atoms with Gasteiger partial charge in [0.05, 0.1) is 24.5 Å². The van der Waals surface area contributed by atoms with Gasteiger partial charge in [0.2, 0.25) is 11.6 Å². The van der Waals surface area contributed by atoms with E-state index in [1.807, 2.05) is 18.2 Å². The van der Waals surface area contributed by atoms with Crippen LogP contribution in [0.15, 0.2) is 59.1 Å². The maximum absolute atomic E-state index is 12.8. The van der Waals surface area contributed by atoms with Crippen molar-refractivity contribution in [2.24, 2.45) is 0 Å². The van der Waals surface area contributed by atoms with Gasteiger partial charge in [-0.25, -0.2) is 0 Å². The number of fused-ring (bicyclic) bond motifs is 2. The van der Waals surface area contributed by atoms with Gasteiger partial charge >= 0.3 is 0 Å². The summed E-state index contributed by atoms with van der Waals surface area (Å²) in [6.45, 7) is 1.62. The fraction of sp³-hybridized carbons (Fsp3) is 0.435. The Hall–Kier alpha value is -2.73. The van der Waals surface area contributed by atoms with Crippen LogP contribution in [0.25, 0.3) is 0 Å². The first-order valence-corrected chi connectivity index (χ1v) is 9.99. The smallest absolute Gasteiger partial charge is 0.251 e. The molecule has 0 aromatic rings. The molecule has 0 saturated heterocycles. The number of aliphatic hydroxyl groups excluding tert-OH is 1. The fourth-order valence-corrected chi connectivity index (χ4v) is 3.18. The molecule has 0 saturated carbocycles. The second-order valence-electron chi connectivity index (χ2n) is 7.20. The van der Waals surface area contributed by atoms with Gasteiger partial charge in [-0.05, 0) is 39.0 Å². The van der Waals surface area contributed by atoms with E-state index in [1.165, 1.54) is 7.11 Å². The number of amides is 1. The first-order valence-electron chi connectivity index (χ1n) is 9.99. The van der Waals surface area contributed by atoms with Crippen LogP contribution in [-0.4, -0.2) is 35.8 Å². The van der Waals surface area contributed by atoms with Gasteiger partial charge in [0.1, 0.15) is 0 Å². The van der Waals surface area contributed by atoms with Gasteiger partial charge in [0, 0.05) is 11.6 Å². The van der Waals surface area contributed by atoms with Gasteiger partial charge in [-0.3, -0.25) is 14.4 Å². The zero-order chi connectivity index (χ0) is 21.2. The summed E-state index contributed by atoms with van der Waals surface area (Å²) in [6, 6.07) is 0. The maximum atomic E-state index is 12.8. The van der Waals surface area contributed by atoms with Gasteiger partial charge in [-0.2, -0.15) is 0 Å². The standard InChI is InChI=1S/C23H29NO5/c1-16-11-9-10-13-17(25)12-7-5-3-4-6-8-14-18-21(27)19(24-23(16)28)15-20(26)22(18)29-2/h6,8-11,15,17,25H,3-5,7,12-14H2,1-2H3,(H,24,28)/b8-6+,10-9-,16-11+/t17-/m0/s1. The van der Waals surface area contributed by atoms with Crippen molar-refractivity contribution in [3.8, 4) is 0 Å². The van der Waals surface area contributed by atoms with Crippen LogP contribution in [0.2, 0.25) is 0 Å². The summed E-state index contributed by atoms with van der Waals surface area (Å²) >= 11 is 0. The van der Waals surface area contributed by atoms with Crippen LogP contribution < -0.4 is 5.32 Å². The Morgan fingerprint density at radius 2 is 1.90 bits per heavy atom. The van der Waals surface area contributed by atoms with Crippen molar-refractivity contribution < 1.29 is 24.2 Å². The number of ether oxygens (including phenoxy) is 1. The van der Waals surface area contributed by atoms with Gasteiger partial charge in [0.15, 0.2) is 5.76 Å². The van der Waals surface area contributed by atoms with E-state index >= 15 is 0 Å². The number of Topliss-reactive ketones (excluding diaryl/α,β-unsaturated/α-hetero) is 1. The van der Waals surface area contributed by atoms with Gasteiger partial charge in [0.25, 0.3) is 5.91 Å². The van der Waals surface area contributed by atoms with E-state index in [0.29, 0.717) is 12.0 Å². The lowest BCUT2D eigenvalue weighted by molar-refractivity contribution is -0.120. The highest BCUT2D eigenvalue weighted by Crippen LogP contribution is 2.22. The number of hydrogen-bond donors (Lipinski definition) is 2. The Kier molecular flexibility index (Phi) is 8.80. The Morgan fingerprint density at radius 3 is 2.66 bits per heavy atom. The molecule has 0 aromatic heterocycles. The molecule has 1 aliphatic carbocycles. The Labute approximate surface area is 171 Å². The maximum Gasteiger partial charge on any atom is 0.251 e. The Balaban J connectivity index is 2.25. The van der Waals surface area contributed by atoms with Gasteiger partial charge in [-0.1, -0.05) is 43.2 Å². The quantitative estimate of drug-likeness (QED) is 0.522. The van der Waals surface area contributed by atoms with Crippen LogP contribution in [0.5, 0.6) is 0 Å². The molecule has 29 heavy (non-hydrogen) atoms. The Bertz CT molecular complexity index is 798. The Morgan fingerprint density at radius 1 is 1.10 bits per heavy atom. The number of nitrogens with one attached hydrogen (secondary N) is 1. The first kappa shape index (κ1) is 22.6. The van der Waals surface area contributed by atoms with E-state index < -0.39 is 17.5 Å². The summed E-state index contributed by atoms with van der Waals surface area (Å²) in [7, 11) is 1.36. The number of aliphatic hydroxyl groups is 1. The number of methoxy groups -OCH3 is 1. The van der Waals surface area contributed by atoms with E-state index in [9.17, 15) is 19.5 Å². The SMILES string of the molecule is COC1=C2C/C=C/CCCCC[C@H](O)C/C=C\C=C(/C)C(=O)NC(=CC1=O)C2=O. The van der Waals surface area contributed by atoms with Crippen molar-refractivity contribution in [1.29, 1.82) is 0 Å². The van der Waals surface area contributed by atoms with Crippen molar-refractivity contribution in [3.63, 3.8) is 0 Å². The number of carbonyl (C=O) groups excluding carboxylic acids is 3. The van der Waals surface area contributed by atoms with Crippen LogP contribution in [0.1, 0.15) is 51.9 Å². The molecule has 0 fully saturated rings. The highest BCUT2D eigenvalue weighted by atomic mass is 16.5. The summed E-state index contributed by atoms with van der Waals surface area (Å²) in [5, 5.41) is 12.5. The molecule has 2 rings (SSSR count).